The second-order valence-corrected chi connectivity index (χ2v) is 9.81. The second kappa shape index (κ2) is 7.59. The number of rotatable bonds is 6. The molecule has 32 heavy (non-hydrogen) atoms. The fourth-order valence-electron chi connectivity index (χ4n) is 5.27. The summed E-state index contributed by atoms with van der Waals surface area (Å²) in [5, 5.41) is 0. The van der Waals surface area contributed by atoms with Crippen LogP contribution in [-0.2, 0) is 16.8 Å². The lowest BCUT2D eigenvalue weighted by molar-refractivity contribution is -0.127. The van der Waals surface area contributed by atoms with E-state index in [0.29, 0.717) is 12.0 Å². The first-order chi connectivity index (χ1) is 15.6. The van der Waals surface area contributed by atoms with Gasteiger partial charge in [-0.15, -0.1) is 0 Å². The van der Waals surface area contributed by atoms with Gasteiger partial charge in [0.05, 0.1) is 24.3 Å². The first-order valence-corrected chi connectivity index (χ1v) is 11.6. The number of hydrogen-bond acceptors (Lipinski definition) is 5. The van der Waals surface area contributed by atoms with Crippen molar-refractivity contribution in [1.82, 2.24) is 9.97 Å². The van der Waals surface area contributed by atoms with Crippen LogP contribution in [-0.4, -0.2) is 36.3 Å². The van der Waals surface area contributed by atoms with Crippen molar-refractivity contribution in [2.45, 2.75) is 38.2 Å². The van der Waals surface area contributed by atoms with Crippen molar-refractivity contribution in [3.05, 3.63) is 83.2 Å². The molecule has 0 atom stereocenters. The van der Waals surface area contributed by atoms with Crippen LogP contribution >= 0.6 is 0 Å². The first-order valence-electron chi connectivity index (χ1n) is 11.6. The van der Waals surface area contributed by atoms with E-state index < -0.39 is 0 Å². The summed E-state index contributed by atoms with van der Waals surface area (Å²) in [5.74, 6) is 1.67. The van der Waals surface area contributed by atoms with E-state index in [1.165, 1.54) is 36.0 Å². The molecule has 3 aliphatic rings. The topological polar surface area (TPSA) is 47.5 Å². The predicted molar refractivity (Wildman–Crippen MR) is 124 cm³/mol. The SMILES string of the molecule is Cc1ccc(C2(c3ccc(OCc4ccnc(N5CC6(COC6)C5)n4)cc3)CCC2)cc1. The van der Waals surface area contributed by atoms with Gasteiger partial charge in [-0.25, -0.2) is 9.97 Å². The monoisotopic (exact) mass is 427 g/mol. The maximum Gasteiger partial charge on any atom is 0.225 e. The van der Waals surface area contributed by atoms with E-state index in [0.717, 1.165) is 43.7 Å². The van der Waals surface area contributed by atoms with Gasteiger partial charge in [-0.1, -0.05) is 48.4 Å². The van der Waals surface area contributed by atoms with Crippen LogP contribution in [0.3, 0.4) is 0 Å². The second-order valence-electron chi connectivity index (χ2n) is 9.81. The van der Waals surface area contributed by atoms with Gasteiger partial charge < -0.3 is 14.4 Å². The van der Waals surface area contributed by atoms with Gasteiger partial charge in [0.15, 0.2) is 0 Å². The molecule has 0 unspecified atom stereocenters. The zero-order valence-electron chi connectivity index (χ0n) is 18.6. The lowest BCUT2D eigenvalue weighted by Crippen LogP contribution is -2.66. The highest BCUT2D eigenvalue weighted by Crippen LogP contribution is 2.49. The van der Waals surface area contributed by atoms with Gasteiger partial charge in [0.25, 0.3) is 0 Å². The average molecular weight is 428 g/mol. The molecule has 3 fully saturated rings. The van der Waals surface area contributed by atoms with E-state index in [-0.39, 0.29) is 5.41 Å². The fraction of sp³-hybridized carbons (Fsp3) is 0.407. The Kier molecular flexibility index (Phi) is 4.68. The molecule has 0 N–H and O–H groups in total. The van der Waals surface area contributed by atoms with Crippen molar-refractivity contribution >= 4 is 5.95 Å². The maximum atomic E-state index is 6.06. The lowest BCUT2D eigenvalue weighted by atomic mass is 9.60. The molecule has 2 aromatic carbocycles. The summed E-state index contributed by atoms with van der Waals surface area (Å²) in [7, 11) is 0. The Bertz CT molecular complexity index is 1090. The Labute approximate surface area is 189 Å². The standard InChI is InChI=1S/C27H29N3O2/c1-20-3-5-21(6-4-20)27(12-2-13-27)22-7-9-24(10-8-22)32-15-23-11-14-28-25(29-23)30-16-26(17-30)18-31-19-26/h3-11,14H,2,12-13,15-19H2,1H3. The van der Waals surface area contributed by atoms with Gasteiger partial charge in [-0.3, -0.25) is 0 Å². The maximum absolute atomic E-state index is 6.06. The molecule has 1 saturated carbocycles. The fourth-order valence-corrected chi connectivity index (χ4v) is 5.27. The Morgan fingerprint density at radius 1 is 0.938 bits per heavy atom. The summed E-state index contributed by atoms with van der Waals surface area (Å²) >= 11 is 0. The van der Waals surface area contributed by atoms with Crippen LogP contribution < -0.4 is 9.64 Å². The van der Waals surface area contributed by atoms with E-state index in [2.05, 4.69) is 65.3 Å². The molecule has 5 nitrogen and oxygen atoms in total. The normalized spacial score (nSPS) is 20.2. The molecule has 2 aliphatic heterocycles. The van der Waals surface area contributed by atoms with Crippen LogP contribution in [0.1, 0.15) is 41.6 Å². The van der Waals surface area contributed by atoms with Crippen LogP contribution in [0.25, 0.3) is 0 Å². The van der Waals surface area contributed by atoms with Crippen LogP contribution in [0.4, 0.5) is 5.95 Å². The summed E-state index contributed by atoms with van der Waals surface area (Å²) in [6.07, 6.45) is 5.54. The molecule has 1 aliphatic carbocycles. The number of aryl methyl sites for hydroxylation is 1. The molecule has 5 heteroatoms. The third-order valence-corrected chi connectivity index (χ3v) is 7.46. The zero-order valence-corrected chi connectivity index (χ0v) is 18.6. The van der Waals surface area contributed by atoms with Crippen molar-refractivity contribution < 1.29 is 9.47 Å². The van der Waals surface area contributed by atoms with Gasteiger partial charge in [-0.2, -0.15) is 0 Å². The largest absolute Gasteiger partial charge is 0.487 e. The Morgan fingerprint density at radius 2 is 1.62 bits per heavy atom. The summed E-state index contributed by atoms with van der Waals surface area (Å²) in [5.41, 5.74) is 5.54. The van der Waals surface area contributed by atoms with E-state index >= 15 is 0 Å². The molecule has 0 bridgehead atoms. The van der Waals surface area contributed by atoms with Gasteiger partial charge >= 0.3 is 0 Å². The number of aromatic nitrogens is 2. The molecular weight excluding hydrogens is 398 g/mol. The molecule has 1 spiro atoms. The molecular formula is C27H29N3O2. The van der Waals surface area contributed by atoms with E-state index in [9.17, 15) is 0 Å². The quantitative estimate of drug-likeness (QED) is 0.572. The molecule has 0 amide bonds. The number of nitrogens with zero attached hydrogens (tertiary/aromatic N) is 3. The number of benzene rings is 2. The molecule has 0 radical (unpaired) electrons. The molecule has 1 aromatic heterocycles. The van der Waals surface area contributed by atoms with Crippen molar-refractivity contribution in [3.8, 4) is 5.75 Å². The minimum absolute atomic E-state index is 0.161. The van der Waals surface area contributed by atoms with Crippen LogP contribution in [0, 0.1) is 12.3 Å². The number of anilines is 1. The minimum atomic E-state index is 0.161. The third-order valence-electron chi connectivity index (χ3n) is 7.46. The van der Waals surface area contributed by atoms with E-state index in [4.69, 9.17) is 14.5 Å². The molecule has 6 rings (SSSR count). The highest BCUT2D eigenvalue weighted by Gasteiger charge is 2.49. The first kappa shape index (κ1) is 19.7. The van der Waals surface area contributed by atoms with Crippen molar-refractivity contribution in [1.29, 1.82) is 0 Å². The summed E-state index contributed by atoms with van der Waals surface area (Å²) in [6.45, 7) is 6.30. The zero-order chi connectivity index (χ0) is 21.6. The Balaban J connectivity index is 1.11. The highest BCUT2D eigenvalue weighted by molar-refractivity contribution is 5.44. The summed E-state index contributed by atoms with van der Waals surface area (Å²) in [6, 6.07) is 19.6. The van der Waals surface area contributed by atoms with Crippen molar-refractivity contribution in [3.63, 3.8) is 0 Å². The summed E-state index contributed by atoms with van der Waals surface area (Å²) in [4.78, 5) is 11.4. The van der Waals surface area contributed by atoms with Crippen LogP contribution in [0.2, 0.25) is 0 Å². The third kappa shape index (κ3) is 3.36. The molecule has 3 heterocycles. The minimum Gasteiger partial charge on any atom is -0.487 e. The van der Waals surface area contributed by atoms with Gasteiger partial charge in [0.2, 0.25) is 5.95 Å². The predicted octanol–water partition coefficient (Wildman–Crippen LogP) is 4.67. The van der Waals surface area contributed by atoms with Crippen LogP contribution in [0.15, 0.2) is 60.8 Å². The van der Waals surface area contributed by atoms with E-state index in [1.807, 2.05) is 12.3 Å². The van der Waals surface area contributed by atoms with Gasteiger partial charge in [0, 0.05) is 24.7 Å². The number of hydrogen-bond donors (Lipinski definition) is 0. The van der Waals surface area contributed by atoms with E-state index in [1.54, 1.807) is 0 Å². The molecule has 2 saturated heterocycles. The molecule has 3 aromatic rings. The van der Waals surface area contributed by atoms with Crippen molar-refractivity contribution in [2.24, 2.45) is 5.41 Å². The van der Waals surface area contributed by atoms with Crippen molar-refractivity contribution in [2.75, 3.05) is 31.2 Å². The summed E-state index contributed by atoms with van der Waals surface area (Å²) < 4.78 is 11.4. The molecule has 164 valence electrons. The van der Waals surface area contributed by atoms with Gasteiger partial charge in [0.1, 0.15) is 12.4 Å². The smallest absolute Gasteiger partial charge is 0.225 e. The average Bonchev–Trinajstić information content (AvgIpc) is 2.72. The van der Waals surface area contributed by atoms with Gasteiger partial charge in [-0.05, 0) is 49.1 Å². The Morgan fingerprint density at radius 3 is 2.22 bits per heavy atom. The van der Waals surface area contributed by atoms with Crippen LogP contribution in [0.5, 0.6) is 5.75 Å². The number of ether oxygens (including phenoxy) is 2. The highest BCUT2D eigenvalue weighted by atomic mass is 16.5. The Hall–Kier alpha value is -2.92. The lowest BCUT2D eigenvalue weighted by Gasteiger charge is -2.54.